The summed E-state index contributed by atoms with van der Waals surface area (Å²) in [6.07, 6.45) is 3.88. The van der Waals surface area contributed by atoms with Gasteiger partial charge in [-0.2, -0.15) is 5.10 Å². The molecule has 1 saturated heterocycles. The van der Waals surface area contributed by atoms with Gasteiger partial charge in [0.25, 0.3) is 0 Å². The highest BCUT2D eigenvalue weighted by Crippen LogP contribution is 2.24. The summed E-state index contributed by atoms with van der Waals surface area (Å²) in [5, 5.41) is 13.6. The fourth-order valence-electron chi connectivity index (χ4n) is 3.92. The predicted octanol–water partition coefficient (Wildman–Crippen LogP) is 3.28. The SMILES string of the molecule is Cc1nn(-c2ccccc2)c(C)c1CC(=O)N1CCCCC1CCC(=O)O. The van der Waals surface area contributed by atoms with E-state index in [2.05, 4.69) is 5.10 Å². The van der Waals surface area contributed by atoms with E-state index in [4.69, 9.17) is 5.11 Å². The van der Waals surface area contributed by atoms with E-state index in [1.54, 1.807) is 0 Å². The van der Waals surface area contributed by atoms with E-state index in [-0.39, 0.29) is 18.4 Å². The average molecular weight is 369 g/mol. The van der Waals surface area contributed by atoms with E-state index >= 15 is 0 Å². The highest BCUT2D eigenvalue weighted by atomic mass is 16.4. The summed E-state index contributed by atoms with van der Waals surface area (Å²) < 4.78 is 1.88. The van der Waals surface area contributed by atoms with Crippen LogP contribution < -0.4 is 0 Å². The number of carboxylic acids is 1. The van der Waals surface area contributed by atoms with Crippen LogP contribution >= 0.6 is 0 Å². The quantitative estimate of drug-likeness (QED) is 0.848. The summed E-state index contributed by atoms with van der Waals surface area (Å²) in [6, 6.07) is 9.93. The molecule has 0 radical (unpaired) electrons. The Morgan fingerprint density at radius 3 is 2.63 bits per heavy atom. The molecule has 0 spiro atoms. The molecule has 144 valence electrons. The number of aromatic nitrogens is 2. The first kappa shape index (κ1) is 19.1. The van der Waals surface area contributed by atoms with Crippen molar-refractivity contribution in [3.8, 4) is 5.69 Å². The van der Waals surface area contributed by atoms with Gasteiger partial charge in [0.05, 0.1) is 17.8 Å². The van der Waals surface area contributed by atoms with Crippen molar-refractivity contribution in [2.24, 2.45) is 0 Å². The molecule has 1 N–H and O–H groups in total. The van der Waals surface area contributed by atoms with Crippen molar-refractivity contribution >= 4 is 11.9 Å². The molecule has 1 fully saturated rings. The minimum absolute atomic E-state index is 0.0344. The number of nitrogens with zero attached hydrogens (tertiary/aromatic N) is 3. The topological polar surface area (TPSA) is 75.4 Å². The Kier molecular flexibility index (Phi) is 5.94. The largest absolute Gasteiger partial charge is 0.481 e. The zero-order chi connectivity index (χ0) is 19.4. The van der Waals surface area contributed by atoms with Crippen molar-refractivity contribution in [2.45, 2.75) is 58.4 Å². The van der Waals surface area contributed by atoms with Gasteiger partial charge in [0.15, 0.2) is 0 Å². The molecule has 1 aromatic heterocycles. The van der Waals surface area contributed by atoms with E-state index in [9.17, 15) is 9.59 Å². The number of carboxylic acid groups (broad SMARTS) is 1. The van der Waals surface area contributed by atoms with Crippen LogP contribution in [0.5, 0.6) is 0 Å². The third kappa shape index (κ3) is 4.38. The minimum Gasteiger partial charge on any atom is -0.481 e. The van der Waals surface area contributed by atoms with Crippen molar-refractivity contribution in [1.29, 1.82) is 0 Å². The van der Waals surface area contributed by atoms with Gasteiger partial charge in [-0.3, -0.25) is 9.59 Å². The van der Waals surface area contributed by atoms with E-state index in [0.717, 1.165) is 41.9 Å². The number of carbonyl (C=O) groups is 2. The number of aliphatic carboxylic acids is 1. The Morgan fingerprint density at radius 2 is 1.93 bits per heavy atom. The maximum atomic E-state index is 13.0. The highest BCUT2D eigenvalue weighted by molar-refractivity contribution is 5.80. The number of aryl methyl sites for hydroxylation is 1. The van der Waals surface area contributed by atoms with E-state index < -0.39 is 5.97 Å². The third-order valence-corrected chi connectivity index (χ3v) is 5.41. The van der Waals surface area contributed by atoms with Crippen LogP contribution in [0.2, 0.25) is 0 Å². The number of hydrogen-bond acceptors (Lipinski definition) is 3. The van der Waals surface area contributed by atoms with Crippen molar-refractivity contribution in [3.63, 3.8) is 0 Å². The van der Waals surface area contributed by atoms with Gasteiger partial charge >= 0.3 is 5.97 Å². The number of piperidine rings is 1. The molecule has 2 heterocycles. The van der Waals surface area contributed by atoms with Crippen LogP contribution in [0, 0.1) is 13.8 Å². The minimum atomic E-state index is -0.802. The molecule has 6 heteroatoms. The van der Waals surface area contributed by atoms with Crippen LogP contribution in [0.4, 0.5) is 0 Å². The number of hydrogen-bond donors (Lipinski definition) is 1. The second kappa shape index (κ2) is 8.37. The summed E-state index contributed by atoms with van der Waals surface area (Å²) in [7, 11) is 0. The molecule has 0 saturated carbocycles. The Morgan fingerprint density at radius 1 is 1.19 bits per heavy atom. The van der Waals surface area contributed by atoms with Crippen molar-refractivity contribution in [1.82, 2.24) is 14.7 Å². The van der Waals surface area contributed by atoms with Gasteiger partial charge in [-0.15, -0.1) is 0 Å². The lowest BCUT2D eigenvalue weighted by Crippen LogP contribution is -2.44. The van der Waals surface area contributed by atoms with Gasteiger partial charge in [-0.1, -0.05) is 18.2 Å². The van der Waals surface area contributed by atoms with Crippen LogP contribution in [0.3, 0.4) is 0 Å². The van der Waals surface area contributed by atoms with E-state index in [1.807, 2.05) is 53.8 Å². The highest BCUT2D eigenvalue weighted by Gasteiger charge is 2.28. The van der Waals surface area contributed by atoms with Crippen LogP contribution in [-0.4, -0.2) is 44.3 Å². The van der Waals surface area contributed by atoms with Crippen LogP contribution in [0.15, 0.2) is 30.3 Å². The number of para-hydroxylation sites is 1. The molecule has 1 aliphatic rings. The summed E-state index contributed by atoms with van der Waals surface area (Å²) in [6.45, 7) is 4.65. The number of carbonyl (C=O) groups excluding carboxylic acids is 1. The summed E-state index contributed by atoms with van der Waals surface area (Å²) in [5.41, 5.74) is 3.79. The van der Waals surface area contributed by atoms with Gasteiger partial charge in [0, 0.05) is 30.3 Å². The van der Waals surface area contributed by atoms with Gasteiger partial charge < -0.3 is 10.0 Å². The molecule has 0 bridgehead atoms. The average Bonchev–Trinajstić information content (AvgIpc) is 2.95. The molecule has 6 nitrogen and oxygen atoms in total. The normalized spacial score (nSPS) is 17.1. The van der Waals surface area contributed by atoms with Crippen molar-refractivity contribution in [3.05, 3.63) is 47.3 Å². The Bertz CT molecular complexity index is 814. The third-order valence-electron chi connectivity index (χ3n) is 5.41. The fraction of sp³-hybridized carbons (Fsp3) is 0.476. The van der Waals surface area contributed by atoms with Crippen LogP contribution in [0.1, 0.15) is 49.1 Å². The second-order valence-electron chi connectivity index (χ2n) is 7.24. The molecule has 1 aliphatic heterocycles. The van der Waals surface area contributed by atoms with Gasteiger partial charge in [-0.05, 0) is 51.7 Å². The van der Waals surface area contributed by atoms with E-state index in [0.29, 0.717) is 19.4 Å². The molecule has 1 amide bonds. The molecule has 1 atom stereocenters. The van der Waals surface area contributed by atoms with Crippen molar-refractivity contribution in [2.75, 3.05) is 6.54 Å². The molecule has 3 rings (SSSR count). The smallest absolute Gasteiger partial charge is 0.303 e. The zero-order valence-corrected chi connectivity index (χ0v) is 16.0. The maximum absolute atomic E-state index is 13.0. The molecule has 1 aromatic carbocycles. The standard InChI is InChI=1S/C21H27N3O3/c1-15-19(16(2)24(22-15)18-9-4-3-5-10-18)14-20(25)23-13-7-6-8-17(23)11-12-21(26)27/h3-5,9-10,17H,6-8,11-14H2,1-2H3,(H,26,27). The number of amides is 1. The van der Waals surface area contributed by atoms with Gasteiger partial charge in [-0.25, -0.2) is 4.68 Å². The lowest BCUT2D eigenvalue weighted by molar-refractivity contribution is -0.139. The number of benzene rings is 1. The summed E-state index contributed by atoms with van der Waals surface area (Å²) >= 11 is 0. The Hall–Kier alpha value is -2.63. The van der Waals surface area contributed by atoms with Crippen molar-refractivity contribution < 1.29 is 14.7 Å². The van der Waals surface area contributed by atoms with Gasteiger partial charge in [0.1, 0.15) is 0 Å². The zero-order valence-electron chi connectivity index (χ0n) is 16.0. The van der Waals surface area contributed by atoms with Gasteiger partial charge in [0.2, 0.25) is 5.91 Å². The number of rotatable bonds is 6. The first-order valence-electron chi connectivity index (χ1n) is 9.59. The Labute approximate surface area is 159 Å². The monoisotopic (exact) mass is 369 g/mol. The lowest BCUT2D eigenvalue weighted by atomic mass is 9.96. The molecule has 2 aromatic rings. The van der Waals surface area contributed by atoms with Crippen LogP contribution in [0.25, 0.3) is 5.69 Å². The molecular formula is C21H27N3O3. The fourth-order valence-corrected chi connectivity index (χ4v) is 3.92. The Balaban J connectivity index is 1.77. The molecule has 1 unspecified atom stereocenters. The van der Waals surface area contributed by atoms with E-state index in [1.165, 1.54) is 0 Å². The first-order valence-corrected chi connectivity index (χ1v) is 9.59. The summed E-state index contributed by atoms with van der Waals surface area (Å²) in [5.74, 6) is -0.729. The number of likely N-dealkylation sites (tertiary alicyclic amines) is 1. The van der Waals surface area contributed by atoms with Crippen LogP contribution in [-0.2, 0) is 16.0 Å². The second-order valence-corrected chi connectivity index (χ2v) is 7.24. The molecular weight excluding hydrogens is 342 g/mol. The predicted molar refractivity (Wildman–Crippen MR) is 103 cm³/mol. The molecule has 27 heavy (non-hydrogen) atoms. The first-order chi connectivity index (χ1) is 13.0. The lowest BCUT2D eigenvalue weighted by Gasteiger charge is -2.36. The summed E-state index contributed by atoms with van der Waals surface area (Å²) in [4.78, 5) is 25.8. The maximum Gasteiger partial charge on any atom is 0.303 e. The molecule has 0 aliphatic carbocycles.